The molecule has 7 nitrogen and oxygen atoms in total. The lowest BCUT2D eigenvalue weighted by molar-refractivity contribution is -0.115. The minimum Gasteiger partial charge on any atom is -0.457 e. The van der Waals surface area contributed by atoms with E-state index < -0.39 is 10.8 Å². The number of H-pyrrole nitrogens is 1. The first-order valence-corrected chi connectivity index (χ1v) is 10.2. The molecule has 152 valence electrons. The molecule has 30 heavy (non-hydrogen) atoms. The summed E-state index contributed by atoms with van der Waals surface area (Å²) in [6.45, 7) is 3.54. The van der Waals surface area contributed by atoms with Crippen molar-refractivity contribution in [2.75, 3.05) is 5.32 Å². The van der Waals surface area contributed by atoms with Crippen LogP contribution in [0.3, 0.4) is 0 Å². The van der Waals surface area contributed by atoms with Gasteiger partial charge < -0.3 is 15.0 Å². The van der Waals surface area contributed by atoms with Crippen LogP contribution in [0.5, 0.6) is 11.5 Å². The lowest BCUT2D eigenvalue weighted by atomic mass is 10.2. The Kier molecular flexibility index (Phi) is 6.88. The van der Waals surface area contributed by atoms with Gasteiger partial charge >= 0.3 is 0 Å². The first kappa shape index (κ1) is 21.1. The van der Waals surface area contributed by atoms with Crippen LogP contribution in [0.25, 0.3) is 0 Å². The van der Waals surface area contributed by atoms with Crippen molar-refractivity contribution in [3.05, 3.63) is 76.2 Å². The maximum Gasteiger partial charge on any atom is 0.269 e. The van der Waals surface area contributed by atoms with Crippen LogP contribution in [0.2, 0.25) is 0 Å². The Balaban J connectivity index is 1.62. The Labute approximate surface area is 178 Å². The number of rotatable bonds is 7. The number of aryl methyl sites for hydroxylation is 1. The highest BCUT2D eigenvalue weighted by Gasteiger charge is 2.18. The van der Waals surface area contributed by atoms with Crippen LogP contribution in [-0.2, 0) is 11.2 Å². The van der Waals surface area contributed by atoms with Crippen molar-refractivity contribution >= 4 is 23.4 Å². The summed E-state index contributed by atoms with van der Waals surface area (Å²) in [5.41, 5.74) is 0.569. The Morgan fingerprint density at radius 2 is 1.87 bits per heavy atom. The van der Waals surface area contributed by atoms with Gasteiger partial charge in [-0.1, -0.05) is 36.9 Å². The third-order valence-electron chi connectivity index (χ3n) is 4.18. The number of carbonyl (C=O) groups excluding carboxylic acids is 1. The standard InChI is InChI=1S/C22H20N4O3S/c1-3-19-18(13-23)21(28)26-22(25-19)30-14(2)20(27)24-15-9-11-17(12-10-15)29-16-7-5-4-6-8-16/h4-12,14H,3H2,1-2H3,(H,24,27)(H,25,26,28). The van der Waals surface area contributed by atoms with Crippen molar-refractivity contribution < 1.29 is 9.53 Å². The molecule has 0 radical (unpaired) electrons. The number of thioether (sulfide) groups is 1. The van der Waals surface area contributed by atoms with Gasteiger partial charge in [-0.3, -0.25) is 9.59 Å². The Bertz CT molecular complexity index is 1120. The van der Waals surface area contributed by atoms with Gasteiger partial charge in [-0.25, -0.2) is 4.98 Å². The van der Waals surface area contributed by atoms with Crippen molar-refractivity contribution in [3.8, 4) is 17.6 Å². The molecule has 0 saturated heterocycles. The zero-order valence-corrected chi connectivity index (χ0v) is 17.3. The molecule has 0 spiro atoms. The highest BCUT2D eigenvalue weighted by molar-refractivity contribution is 8.00. The number of nitrogens with one attached hydrogen (secondary N) is 2. The van der Waals surface area contributed by atoms with Gasteiger partial charge in [0.15, 0.2) is 5.16 Å². The van der Waals surface area contributed by atoms with E-state index in [1.165, 1.54) is 0 Å². The molecule has 1 atom stereocenters. The topological polar surface area (TPSA) is 108 Å². The lowest BCUT2D eigenvalue weighted by Gasteiger charge is -2.12. The van der Waals surface area contributed by atoms with Crippen molar-refractivity contribution in [2.45, 2.75) is 30.7 Å². The zero-order valence-electron chi connectivity index (χ0n) is 16.5. The second-order valence-corrected chi connectivity index (χ2v) is 7.68. The van der Waals surface area contributed by atoms with Crippen molar-refractivity contribution in [3.63, 3.8) is 0 Å². The molecule has 0 aliphatic carbocycles. The summed E-state index contributed by atoms with van der Waals surface area (Å²) in [7, 11) is 0. The molecular weight excluding hydrogens is 400 g/mol. The molecule has 1 heterocycles. The molecule has 0 aliphatic rings. The van der Waals surface area contributed by atoms with Gasteiger partial charge in [0.2, 0.25) is 5.91 Å². The first-order chi connectivity index (χ1) is 14.5. The number of hydrogen-bond acceptors (Lipinski definition) is 6. The number of anilines is 1. The number of aromatic amines is 1. The number of amides is 1. The van der Waals surface area contributed by atoms with E-state index in [1.54, 1.807) is 31.2 Å². The van der Waals surface area contributed by atoms with E-state index in [0.29, 0.717) is 28.7 Å². The van der Waals surface area contributed by atoms with Gasteiger partial charge in [0.25, 0.3) is 5.56 Å². The van der Waals surface area contributed by atoms with E-state index in [2.05, 4.69) is 15.3 Å². The maximum absolute atomic E-state index is 12.5. The summed E-state index contributed by atoms with van der Waals surface area (Å²) >= 11 is 1.13. The first-order valence-electron chi connectivity index (χ1n) is 9.34. The zero-order chi connectivity index (χ0) is 21.5. The fourth-order valence-corrected chi connectivity index (χ4v) is 3.44. The van der Waals surface area contributed by atoms with Crippen LogP contribution >= 0.6 is 11.8 Å². The van der Waals surface area contributed by atoms with Gasteiger partial charge in [-0.05, 0) is 49.7 Å². The molecule has 2 N–H and O–H groups in total. The minimum absolute atomic E-state index is 0.0109. The smallest absolute Gasteiger partial charge is 0.269 e. The third kappa shape index (κ3) is 5.27. The highest BCUT2D eigenvalue weighted by atomic mass is 32.2. The summed E-state index contributed by atoms with van der Waals surface area (Å²) in [5, 5.41) is 11.7. The van der Waals surface area contributed by atoms with Crippen molar-refractivity contribution in [1.29, 1.82) is 5.26 Å². The van der Waals surface area contributed by atoms with Gasteiger partial charge in [-0.2, -0.15) is 5.26 Å². The Morgan fingerprint density at radius 3 is 2.50 bits per heavy atom. The number of benzene rings is 2. The highest BCUT2D eigenvalue weighted by Crippen LogP contribution is 2.24. The summed E-state index contributed by atoms with van der Waals surface area (Å²) in [6, 6.07) is 18.3. The molecule has 3 aromatic rings. The maximum atomic E-state index is 12.5. The summed E-state index contributed by atoms with van der Waals surface area (Å²) < 4.78 is 5.73. The van der Waals surface area contributed by atoms with Crippen LogP contribution in [0.4, 0.5) is 5.69 Å². The van der Waals surface area contributed by atoms with E-state index >= 15 is 0 Å². The molecule has 0 bridgehead atoms. The number of carbonyl (C=O) groups is 1. The van der Waals surface area contributed by atoms with Crippen LogP contribution in [0.15, 0.2) is 64.5 Å². The second-order valence-electron chi connectivity index (χ2n) is 6.35. The van der Waals surface area contributed by atoms with Crippen LogP contribution in [0, 0.1) is 11.3 Å². The lowest BCUT2D eigenvalue weighted by Crippen LogP contribution is -2.24. The fourth-order valence-electron chi connectivity index (χ4n) is 2.62. The number of ether oxygens (including phenoxy) is 1. The van der Waals surface area contributed by atoms with E-state index in [-0.39, 0.29) is 11.5 Å². The predicted molar refractivity (Wildman–Crippen MR) is 116 cm³/mol. The van der Waals surface area contributed by atoms with Crippen molar-refractivity contribution in [1.82, 2.24) is 9.97 Å². The molecule has 0 aliphatic heterocycles. The van der Waals surface area contributed by atoms with Crippen molar-refractivity contribution in [2.24, 2.45) is 0 Å². The van der Waals surface area contributed by atoms with Gasteiger partial charge in [0, 0.05) is 5.69 Å². The number of hydrogen-bond donors (Lipinski definition) is 2. The average Bonchev–Trinajstić information content (AvgIpc) is 2.75. The average molecular weight is 420 g/mol. The van der Waals surface area contributed by atoms with Gasteiger partial charge in [0.1, 0.15) is 23.1 Å². The SMILES string of the molecule is CCc1nc(SC(C)C(=O)Nc2ccc(Oc3ccccc3)cc2)[nH]c(=O)c1C#N. The number of aromatic nitrogens is 2. The molecule has 1 amide bonds. The second kappa shape index (κ2) is 9.76. The summed E-state index contributed by atoms with van der Waals surface area (Å²) in [5.74, 6) is 1.16. The van der Waals surface area contributed by atoms with E-state index in [0.717, 1.165) is 17.5 Å². The Morgan fingerprint density at radius 1 is 1.20 bits per heavy atom. The quantitative estimate of drug-likeness (QED) is 0.440. The van der Waals surface area contributed by atoms with Crippen LogP contribution < -0.4 is 15.6 Å². The molecule has 8 heteroatoms. The number of nitrogens with zero attached hydrogens (tertiary/aromatic N) is 2. The molecule has 1 aromatic heterocycles. The van der Waals surface area contributed by atoms with E-state index in [4.69, 9.17) is 10.00 Å². The monoisotopic (exact) mass is 420 g/mol. The molecule has 1 unspecified atom stereocenters. The summed E-state index contributed by atoms with van der Waals surface area (Å²) in [4.78, 5) is 31.4. The predicted octanol–water partition coefficient (Wildman–Crippen LogP) is 4.12. The molecule has 3 rings (SSSR count). The minimum atomic E-state index is -0.508. The van der Waals surface area contributed by atoms with Crippen LogP contribution in [-0.4, -0.2) is 21.1 Å². The Hall–Kier alpha value is -3.57. The van der Waals surface area contributed by atoms with Gasteiger partial charge in [-0.15, -0.1) is 0 Å². The summed E-state index contributed by atoms with van der Waals surface area (Å²) in [6.07, 6.45) is 0.457. The molecule has 2 aromatic carbocycles. The fraction of sp³-hybridized carbons (Fsp3) is 0.182. The van der Waals surface area contributed by atoms with Gasteiger partial charge in [0.05, 0.1) is 10.9 Å². The number of para-hydroxylation sites is 1. The molecule has 0 fully saturated rings. The normalized spacial score (nSPS) is 11.4. The molecular formula is C22H20N4O3S. The molecule has 0 saturated carbocycles. The largest absolute Gasteiger partial charge is 0.457 e. The number of nitriles is 1. The van der Waals surface area contributed by atoms with E-state index in [1.807, 2.05) is 43.3 Å². The van der Waals surface area contributed by atoms with Crippen LogP contribution in [0.1, 0.15) is 25.1 Å². The third-order valence-corrected chi connectivity index (χ3v) is 5.16. The van der Waals surface area contributed by atoms with E-state index in [9.17, 15) is 9.59 Å².